The van der Waals surface area contributed by atoms with E-state index in [0.717, 1.165) is 27.0 Å². The highest BCUT2D eigenvalue weighted by molar-refractivity contribution is 14.1. The number of hydrazine groups is 1. The first-order valence-electron chi connectivity index (χ1n) is 9.76. The van der Waals surface area contributed by atoms with Gasteiger partial charge in [0.2, 0.25) is 5.91 Å². The summed E-state index contributed by atoms with van der Waals surface area (Å²) in [6, 6.07) is 10.1. The van der Waals surface area contributed by atoms with Gasteiger partial charge in [-0.15, -0.1) is 0 Å². The summed E-state index contributed by atoms with van der Waals surface area (Å²) in [5.41, 5.74) is 7.56. The molecule has 2 heterocycles. The van der Waals surface area contributed by atoms with E-state index in [4.69, 9.17) is 10.6 Å². The number of allylic oxidation sites excluding steroid dienone is 2. The van der Waals surface area contributed by atoms with Crippen LogP contribution in [0.4, 0.5) is 18.9 Å². The maximum atomic E-state index is 13.9. The molecule has 0 aliphatic carbocycles. The van der Waals surface area contributed by atoms with Gasteiger partial charge in [0.05, 0.1) is 24.1 Å². The number of carbonyl (C=O) groups is 1. The number of nitrogens with two attached hydrogens (primary N) is 1. The van der Waals surface area contributed by atoms with Crippen molar-refractivity contribution in [2.75, 3.05) is 18.7 Å². The highest BCUT2D eigenvalue weighted by Gasteiger charge is 2.39. The smallest absolute Gasteiger partial charge is 0.366 e. The molecule has 0 saturated carbocycles. The van der Waals surface area contributed by atoms with E-state index in [1.54, 1.807) is 18.2 Å². The number of benzene rings is 2. The van der Waals surface area contributed by atoms with Crippen LogP contribution in [0.15, 0.2) is 54.2 Å². The predicted octanol–water partition coefficient (Wildman–Crippen LogP) is 4.12. The minimum Gasteiger partial charge on any atom is -0.366 e. The number of halogens is 4. The highest BCUT2D eigenvalue weighted by Crippen LogP contribution is 2.40. The molecule has 0 bridgehead atoms. The van der Waals surface area contributed by atoms with Crippen LogP contribution in [0.2, 0.25) is 0 Å². The lowest BCUT2D eigenvalue weighted by molar-refractivity contribution is -0.0976. The van der Waals surface area contributed by atoms with Crippen molar-refractivity contribution in [1.82, 2.24) is 10.5 Å². The quantitative estimate of drug-likeness (QED) is 0.555. The maximum Gasteiger partial charge on any atom is 0.417 e. The zero-order chi connectivity index (χ0) is 23.0. The van der Waals surface area contributed by atoms with Crippen LogP contribution in [-0.2, 0) is 17.8 Å². The van der Waals surface area contributed by atoms with Crippen molar-refractivity contribution in [1.29, 1.82) is 0 Å². The predicted molar refractivity (Wildman–Crippen MR) is 123 cm³/mol. The first-order chi connectivity index (χ1) is 15.2. The van der Waals surface area contributed by atoms with Gasteiger partial charge in [-0.25, -0.2) is 5.01 Å². The van der Waals surface area contributed by atoms with Gasteiger partial charge < -0.3 is 11.1 Å². The number of amides is 1. The molecule has 0 aromatic heterocycles. The average Bonchev–Trinajstić information content (AvgIpc) is 2.76. The molecule has 1 amide bonds. The molecular weight excluding hydrogens is 536 g/mol. The maximum absolute atomic E-state index is 13.9. The summed E-state index contributed by atoms with van der Waals surface area (Å²) < 4.78 is 42.7. The van der Waals surface area contributed by atoms with E-state index in [9.17, 15) is 18.0 Å². The largest absolute Gasteiger partial charge is 0.417 e. The van der Waals surface area contributed by atoms with Gasteiger partial charge >= 0.3 is 6.18 Å². The van der Waals surface area contributed by atoms with Crippen LogP contribution >= 0.6 is 22.6 Å². The molecule has 4 rings (SSSR count). The number of carbonyl (C=O) groups excluding carboxylic acids is 1. The van der Waals surface area contributed by atoms with Crippen molar-refractivity contribution in [2.24, 2.45) is 5.73 Å². The summed E-state index contributed by atoms with van der Waals surface area (Å²) in [6.07, 6.45) is -1.99. The lowest BCUT2D eigenvalue weighted by Gasteiger charge is -2.40. The van der Waals surface area contributed by atoms with Gasteiger partial charge in [-0.05, 0) is 71.0 Å². The molecule has 0 radical (unpaired) electrons. The second-order valence-electron chi connectivity index (χ2n) is 7.31. The Morgan fingerprint density at radius 1 is 1.25 bits per heavy atom. The second kappa shape index (κ2) is 8.75. The van der Waals surface area contributed by atoms with Crippen LogP contribution in [0.3, 0.4) is 0 Å². The number of nitrogens with zero attached hydrogens (tertiary/aromatic N) is 2. The number of fused-ring (bicyclic) bond motifs is 1. The van der Waals surface area contributed by atoms with Gasteiger partial charge in [0.15, 0.2) is 0 Å². The Bertz CT molecular complexity index is 1130. The standard InChI is InChI=1S/C22H20F3IN4O2/c1-32-30-20(17-4-2-3-5-18(17)21(27)31)9-14(22(23,24)25)12-29(30)19-10-15(26)8-13-11-28-7-6-16(13)19/h2-5,8-10,12,28H,6-7,11H2,1H3,(H2,27,31). The first-order valence-corrected chi connectivity index (χ1v) is 10.8. The van der Waals surface area contributed by atoms with E-state index in [-0.39, 0.29) is 16.8 Å². The summed E-state index contributed by atoms with van der Waals surface area (Å²) in [5.74, 6) is -0.745. The Labute approximate surface area is 196 Å². The number of nitrogens with one attached hydrogen (secondary N) is 1. The van der Waals surface area contributed by atoms with Crippen LogP contribution in [0.25, 0.3) is 5.70 Å². The molecule has 0 saturated heterocycles. The fraction of sp³-hybridized carbons (Fsp3) is 0.227. The number of primary amides is 1. The minimum absolute atomic E-state index is 0.0540. The summed E-state index contributed by atoms with van der Waals surface area (Å²) in [6.45, 7) is 1.34. The summed E-state index contributed by atoms with van der Waals surface area (Å²) in [7, 11) is 1.36. The molecule has 0 atom stereocenters. The van der Waals surface area contributed by atoms with Gasteiger partial charge in [-0.1, -0.05) is 18.2 Å². The van der Waals surface area contributed by atoms with E-state index >= 15 is 0 Å². The lowest BCUT2D eigenvalue weighted by atomic mass is 9.98. The molecular formula is C22H20F3IN4O2. The minimum atomic E-state index is -4.62. The van der Waals surface area contributed by atoms with Crippen LogP contribution in [0.1, 0.15) is 27.0 Å². The van der Waals surface area contributed by atoms with Crippen LogP contribution in [-0.4, -0.2) is 30.9 Å². The number of hydroxylamine groups is 1. The van der Waals surface area contributed by atoms with Gasteiger partial charge in [-0.2, -0.15) is 18.3 Å². The Morgan fingerprint density at radius 2 is 2.00 bits per heavy atom. The zero-order valence-electron chi connectivity index (χ0n) is 17.0. The normalized spacial score (nSPS) is 16.4. The third-order valence-electron chi connectivity index (χ3n) is 5.32. The molecule has 2 aromatic rings. The van der Waals surface area contributed by atoms with E-state index in [2.05, 4.69) is 27.9 Å². The van der Waals surface area contributed by atoms with Crippen molar-refractivity contribution < 1.29 is 22.8 Å². The van der Waals surface area contributed by atoms with E-state index < -0.39 is 17.7 Å². The molecule has 0 unspecified atom stereocenters. The monoisotopic (exact) mass is 556 g/mol. The van der Waals surface area contributed by atoms with Gasteiger partial charge in [0, 0.05) is 27.4 Å². The third-order valence-corrected chi connectivity index (χ3v) is 5.94. The van der Waals surface area contributed by atoms with E-state index in [1.807, 2.05) is 12.1 Å². The molecule has 32 heavy (non-hydrogen) atoms. The lowest BCUT2D eigenvalue weighted by Crippen LogP contribution is -2.42. The molecule has 6 nitrogen and oxygen atoms in total. The molecule has 10 heteroatoms. The molecule has 2 aromatic carbocycles. The highest BCUT2D eigenvalue weighted by atomic mass is 127. The fourth-order valence-corrected chi connectivity index (χ4v) is 4.59. The van der Waals surface area contributed by atoms with Crippen molar-refractivity contribution in [2.45, 2.75) is 19.1 Å². The number of rotatable bonds is 4. The van der Waals surface area contributed by atoms with Crippen molar-refractivity contribution in [3.05, 3.63) is 80.1 Å². The number of hydrogen-bond acceptors (Lipinski definition) is 5. The molecule has 2 aliphatic rings. The summed E-state index contributed by atoms with van der Waals surface area (Å²) in [5, 5.41) is 5.89. The first kappa shape index (κ1) is 22.6. The summed E-state index contributed by atoms with van der Waals surface area (Å²) >= 11 is 2.15. The van der Waals surface area contributed by atoms with Crippen LogP contribution in [0, 0.1) is 3.57 Å². The Morgan fingerprint density at radius 3 is 2.69 bits per heavy atom. The SMILES string of the molecule is CON1C(c2ccccc2C(N)=O)=CC(C(F)(F)F)=CN1c1cc(I)cc2c1CCNC2. The zero-order valence-corrected chi connectivity index (χ0v) is 19.2. The topological polar surface area (TPSA) is 70.8 Å². The molecule has 3 N–H and O–H groups in total. The number of hydrogen-bond donors (Lipinski definition) is 2. The van der Waals surface area contributed by atoms with Crippen LogP contribution in [0.5, 0.6) is 0 Å². The van der Waals surface area contributed by atoms with Crippen molar-refractivity contribution in [3.8, 4) is 0 Å². The van der Waals surface area contributed by atoms with Gasteiger partial charge in [-0.3, -0.25) is 9.63 Å². The molecule has 168 valence electrons. The second-order valence-corrected chi connectivity index (χ2v) is 8.56. The van der Waals surface area contributed by atoms with Gasteiger partial charge in [0.1, 0.15) is 0 Å². The Balaban J connectivity index is 1.94. The van der Waals surface area contributed by atoms with E-state index in [1.165, 1.54) is 23.4 Å². The van der Waals surface area contributed by atoms with Crippen LogP contribution < -0.4 is 16.1 Å². The van der Waals surface area contributed by atoms with E-state index in [0.29, 0.717) is 25.2 Å². The summed E-state index contributed by atoms with van der Waals surface area (Å²) in [4.78, 5) is 17.6. The van der Waals surface area contributed by atoms with Crippen molar-refractivity contribution >= 4 is 39.9 Å². The fourth-order valence-electron chi connectivity index (χ4n) is 3.92. The Hall–Kier alpha value is -2.57. The van der Waals surface area contributed by atoms with Crippen molar-refractivity contribution in [3.63, 3.8) is 0 Å². The molecule has 0 spiro atoms. The van der Waals surface area contributed by atoms with Gasteiger partial charge in [0.25, 0.3) is 0 Å². The average molecular weight is 556 g/mol. The Kier molecular flexibility index (Phi) is 6.19. The number of alkyl halides is 3. The molecule has 2 aliphatic heterocycles. The number of anilines is 1. The third kappa shape index (κ3) is 4.21. The molecule has 0 fully saturated rings.